The summed E-state index contributed by atoms with van der Waals surface area (Å²) in [4.78, 5) is 13.1. The van der Waals surface area contributed by atoms with Gasteiger partial charge >= 0.3 is 0 Å². The van der Waals surface area contributed by atoms with Gasteiger partial charge in [-0.05, 0) is 29.6 Å². The molecule has 0 unspecified atom stereocenters. The first-order valence-corrected chi connectivity index (χ1v) is 7.68. The van der Waals surface area contributed by atoms with Gasteiger partial charge in [-0.3, -0.25) is 4.79 Å². The molecule has 0 aliphatic rings. The molecule has 0 aliphatic heterocycles. The molecule has 112 valence electrons. The van der Waals surface area contributed by atoms with E-state index < -0.39 is 0 Å². The van der Waals surface area contributed by atoms with Gasteiger partial charge < -0.3 is 14.8 Å². The summed E-state index contributed by atoms with van der Waals surface area (Å²) in [5.74, 6) is 0.479. The molecule has 1 aromatic carbocycles. The average molecular weight is 326 g/mol. The van der Waals surface area contributed by atoms with Crippen LogP contribution in [0.3, 0.4) is 0 Å². The van der Waals surface area contributed by atoms with E-state index in [4.69, 9.17) is 21.1 Å². The van der Waals surface area contributed by atoms with Crippen molar-refractivity contribution in [2.24, 2.45) is 0 Å². The lowest BCUT2D eigenvalue weighted by Gasteiger charge is -2.12. The molecular formula is C15H16ClNO3S. The van der Waals surface area contributed by atoms with E-state index in [1.165, 1.54) is 0 Å². The fraction of sp³-hybridized carbons (Fsp3) is 0.267. The minimum absolute atomic E-state index is 0.101. The first-order chi connectivity index (χ1) is 10.2. The van der Waals surface area contributed by atoms with Crippen LogP contribution in [0.15, 0.2) is 35.7 Å². The summed E-state index contributed by atoms with van der Waals surface area (Å²) in [6, 6.07) is 8.98. The van der Waals surface area contributed by atoms with Crippen molar-refractivity contribution in [3.63, 3.8) is 0 Å². The van der Waals surface area contributed by atoms with Crippen LogP contribution in [0, 0.1) is 0 Å². The molecular weight excluding hydrogens is 310 g/mol. The minimum atomic E-state index is -0.101. The van der Waals surface area contributed by atoms with Gasteiger partial charge in [0.1, 0.15) is 12.4 Å². The summed E-state index contributed by atoms with van der Waals surface area (Å²) < 4.78 is 10.5. The topological polar surface area (TPSA) is 47.6 Å². The molecule has 2 aromatic rings. The van der Waals surface area contributed by atoms with Crippen LogP contribution in [0.4, 0.5) is 5.69 Å². The summed E-state index contributed by atoms with van der Waals surface area (Å²) in [7, 11) is 1.61. The number of amides is 1. The number of ether oxygens (including phenoxy) is 2. The Kier molecular flexibility index (Phi) is 6.04. The second-order valence-corrected chi connectivity index (χ2v) is 5.75. The van der Waals surface area contributed by atoms with Crippen LogP contribution in [-0.4, -0.2) is 26.2 Å². The van der Waals surface area contributed by atoms with Gasteiger partial charge in [-0.2, -0.15) is 0 Å². The smallest absolute Gasteiger partial charge is 0.229 e. The Morgan fingerprint density at radius 1 is 1.33 bits per heavy atom. The van der Waals surface area contributed by atoms with E-state index in [0.29, 0.717) is 36.1 Å². The maximum absolute atomic E-state index is 12.0. The van der Waals surface area contributed by atoms with Crippen molar-refractivity contribution in [3.8, 4) is 5.75 Å². The molecule has 1 heterocycles. The molecule has 2 rings (SSSR count). The third-order valence-corrected chi connectivity index (χ3v) is 3.79. The number of hydrogen-bond donors (Lipinski definition) is 1. The van der Waals surface area contributed by atoms with Crippen LogP contribution in [0.1, 0.15) is 4.88 Å². The highest BCUT2D eigenvalue weighted by Crippen LogP contribution is 2.28. The lowest BCUT2D eigenvalue weighted by atomic mass is 10.2. The number of methoxy groups -OCH3 is 1. The van der Waals surface area contributed by atoms with Crippen LogP contribution >= 0.6 is 22.9 Å². The normalized spacial score (nSPS) is 10.4. The van der Waals surface area contributed by atoms with E-state index in [1.54, 1.807) is 36.6 Å². The number of rotatable bonds is 7. The van der Waals surface area contributed by atoms with Crippen LogP contribution in [0.2, 0.25) is 5.02 Å². The second-order valence-electron chi connectivity index (χ2n) is 4.29. The standard InChI is InChI=1S/C15H16ClNO3S/c1-19-6-7-20-14-5-4-11(16)9-13(14)17-15(18)10-12-3-2-8-21-12/h2-5,8-9H,6-7,10H2,1H3,(H,17,18). The van der Waals surface area contributed by atoms with E-state index in [-0.39, 0.29) is 5.91 Å². The molecule has 0 radical (unpaired) electrons. The number of carbonyl (C=O) groups is 1. The van der Waals surface area contributed by atoms with Gasteiger partial charge in [0, 0.05) is 17.0 Å². The zero-order chi connectivity index (χ0) is 15.1. The second kappa shape index (κ2) is 8.02. The largest absolute Gasteiger partial charge is 0.489 e. The van der Waals surface area contributed by atoms with Crippen molar-refractivity contribution in [2.75, 3.05) is 25.6 Å². The Balaban J connectivity index is 2.03. The van der Waals surface area contributed by atoms with Gasteiger partial charge in [-0.25, -0.2) is 0 Å². The third-order valence-electron chi connectivity index (χ3n) is 2.68. The van der Waals surface area contributed by atoms with Crippen molar-refractivity contribution in [1.29, 1.82) is 0 Å². The number of nitrogens with one attached hydrogen (secondary N) is 1. The monoisotopic (exact) mass is 325 g/mol. The van der Waals surface area contributed by atoms with E-state index in [1.807, 2.05) is 17.5 Å². The molecule has 1 aromatic heterocycles. The first kappa shape index (κ1) is 15.8. The highest BCUT2D eigenvalue weighted by atomic mass is 35.5. The zero-order valence-corrected chi connectivity index (χ0v) is 13.2. The quantitative estimate of drug-likeness (QED) is 0.791. The average Bonchev–Trinajstić information content (AvgIpc) is 2.94. The predicted octanol–water partition coefficient (Wildman–Crippen LogP) is 3.61. The van der Waals surface area contributed by atoms with Gasteiger partial charge in [-0.1, -0.05) is 17.7 Å². The number of hydrogen-bond acceptors (Lipinski definition) is 4. The molecule has 0 fully saturated rings. The molecule has 0 saturated carbocycles. The number of halogens is 1. The SMILES string of the molecule is COCCOc1ccc(Cl)cc1NC(=O)Cc1cccs1. The summed E-state index contributed by atoms with van der Waals surface area (Å²) in [5, 5.41) is 5.32. The van der Waals surface area contributed by atoms with Crippen LogP contribution in [0.25, 0.3) is 0 Å². The molecule has 4 nitrogen and oxygen atoms in total. The Bertz CT molecular complexity index is 587. The van der Waals surface area contributed by atoms with Crippen molar-refractivity contribution in [2.45, 2.75) is 6.42 Å². The molecule has 1 amide bonds. The predicted molar refractivity (Wildman–Crippen MR) is 85.5 cm³/mol. The number of thiophene rings is 1. The van der Waals surface area contributed by atoms with Gasteiger partial charge in [0.15, 0.2) is 0 Å². The van der Waals surface area contributed by atoms with Crippen molar-refractivity contribution < 1.29 is 14.3 Å². The molecule has 6 heteroatoms. The number of benzene rings is 1. The van der Waals surface area contributed by atoms with E-state index in [2.05, 4.69) is 5.32 Å². The minimum Gasteiger partial charge on any atom is -0.489 e. The van der Waals surface area contributed by atoms with Crippen LogP contribution < -0.4 is 10.1 Å². The first-order valence-electron chi connectivity index (χ1n) is 6.42. The zero-order valence-electron chi connectivity index (χ0n) is 11.6. The van der Waals surface area contributed by atoms with Crippen LogP contribution in [0.5, 0.6) is 5.75 Å². The van der Waals surface area contributed by atoms with Gasteiger partial charge in [0.05, 0.1) is 18.7 Å². The summed E-state index contributed by atoms with van der Waals surface area (Å²) in [5.41, 5.74) is 0.570. The van der Waals surface area contributed by atoms with E-state index in [0.717, 1.165) is 4.88 Å². The summed E-state index contributed by atoms with van der Waals surface area (Å²) in [6.07, 6.45) is 0.335. The Hall–Kier alpha value is -1.56. The lowest BCUT2D eigenvalue weighted by molar-refractivity contribution is -0.115. The molecule has 1 N–H and O–H groups in total. The number of carbonyl (C=O) groups excluding carboxylic acids is 1. The third kappa shape index (κ3) is 5.04. The van der Waals surface area contributed by atoms with E-state index >= 15 is 0 Å². The molecule has 0 aliphatic carbocycles. The molecule has 0 spiro atoms. The van der Waals surface area contributed by atoms with Crippen molar-refractivity contribution >= 4 is 34.5 Å². The van der Waals surface area contributed by atoms with Gasteiger partial charge in [-0.15, -0.1) is 11.3 Å². The van der Waals surface area contributed by atoms with Crippen molar-refractivity contribution in [3.05, 3.63) is 45.6 Å². The Morgan fingerprint density at radius 2 is 2.19 bits per heavy atom. The summed E-state index contributed by atoms with van der Waals surface area (Å²) in [6.45, 7) is 0.886. The lowest BCUT2D eigenvalue weighted by Crippen LogP contribution is -2.15. The molecule has 0 saturated heterocycles. The summed E-state index contributed by atoms with van der Waals surface area (Å²) >= 11 is 7.53. The molecule has 0 atom stereocenters. The molecule has 0 bridgehead atoms. The Morgan fingerprint density at radius 3 is 2.90 bits per heavy atom. The molecule has 21 heavy (non-hydrogen) atoms. The maximum Gasteiger partial charge on any atom is 0.229 e. The van der Waals surface area contributed by atoms with Gasteiger partial charge in [0.2, 0.25) is 5.91 Å². The maximum atomic E-state index is 12.0. The highest BCUT2D eigenvalue weighted by molar-refractivity contribution is 7.10. The fourth-order valence-corrected chi connectivity index (χ4v) is 2.60. The van der Waals surface area contributed by atoms with E-state index in [9.17, 15) is 4.79 Å². The van der Waals surface area contributed by atoms with Crippen molar-refractivity contribution in [1.82, 2.24) is 0 Å². The van der Waals surface area contributed by atoms with Crippen LogP contribution in [-0.2, 0) is 16.0 Å². The number of anilines is 1. The highest BCUT2D eigenvalue weighted by Gasteiger charge is 2.10. The Labute approximate surface area is 132 Å². The van der Waals surface area contributed by atoms with Gasteiger partial charge in [0.25, 0.3) is 0 Å². The fourth-order valence-electron chi connectivity index (χ4n) is 1.73.